The van der Waals surface area contributed by atoms with Crippen molar-refractivity contribution in [2.45, 2.75) is 32.4 Å². The summed E-state index contributed by atoms with van der Waals surface area (Å²) in [7, 11) is -3.42. The molecule has 4 rings (SSSR count). The molecule has 3 aromatic rings. The predicted octanol–water partition coefficient (Wildman–Crippen LogP) is 2.21. The number of H-pyrrole nitrogens is 1. The van der Waals surface area contributed by atoms with E-state index in [1.54, 1.807) is 17.0 Å². The summed E-state index contributed by atoms with van der Waals surface area (Å²) in [6, 6.07) is 9.09. The van der Waals surface area contributed by atoms with Crippen molar-refractivity contribution in [3.63, 3.8) is 0 Å². The number of thiophene rings is 1. The first-order chi connectivity index (χ1) is 15.2. The van der Waals surface area contributed by atoms with Crippen LogP contribution in [0.3, 0.4) is 0 Å². The minimum Gasteiger partial charge on any atom is -0.340 e. The van der Waals surface area contributed by atoms with E-state index in [1.807, 2.05) is 32.0 Å². The summed E-state index contributed by atoms with van der Waals surface area (Å²) in [5, 5.41) is 0.621. The molecule has 0 saturated carbocycles. The molecule has 3 heterocycles. The highest BCUT2D eigenvalue weighted by Crippen LogP contribution is 2.25. The number of amides is 1. The third kappa shape index (κ3) is 4.77. The number of hydrogen-bond donors (Lipinski definition) is 1. The molecular formula is C22H26N4O4S2. The normalized spacial score (nSPS) is 15.4. The molecule has 0 bridgehead atoms. The van der Waals surface area contributed by atoms with Gasteiger partial charge in [-0.2, -0.15) is 4.31 Å². The van der Waals surface area contributed by atoms with Crippen LogP contribution in [0.4, 0.5) is 0 Å². The van der Waals surface area contributed by atoms with E-state index in [2.05, 4.69) is 9.97 Å². The van der Waals surface area contributed by atoms with Crippen LogP contribution in [0.15, 0.2) is 35.1 Å². The van der Waals surface area contributed by atoms with Crippen molar-refractivity contribution in [2.24, 2.45) is 0 Å². The first-order valence-corrected chi connectivity index (χ1v) is 13.0. The van der Waals surface area contributed by atoms with E-state index in [1.165, 1.54) is 15.6 Å². The summed E-state index contributed by atoms with van der Waals surface area (Å²) in [6.07, 6.45) is 0.557. The van der Waals surface area contributed by atoms with E-state index in [4.69, 9.17) is 0 Å². The molecule has 1 saturated heterocycles. The minimum atomic E-state index is -3.42. The monoisotopic (exact) mass is 474 g/mol. The second-order valence-corrected chi connectivity index (χ2v) is 11.2. The molecule has 1 N–H and O–H groups in total. The van der Waals surface area contributed by atoms with Crippen LogP contribution in [0.5, 0.6) is 0 Å². The first kappa shape index (κ1) is 22.6. The van der Waals surface area contributed by atoms with E-state index in [0.29, 0.717) is 35.6 Å². The van der Waals surface area contributed by atoms with Crippen molar-refractivity contribution in [3.8, 4) is 0 Å². The number of aromatic amines is 1. The van der Waals surface area contributed by atoms with Crippen molar-refractivity contribution < 1.29 is 13.2 Å². The number of fused-ring (bicyclic) bond motifs is 1. The lowest BCUT2D eigenvalue weighted by molar-refractivity contribution is -0.132. The number of carbonyl (C=O) groups excluding carboxylic acids is 1. The standard InChI is InChI=1S/C22H26N4O4S2/c1-15-16(2)31-22-20(15)21(28)23-18(24-22)8-9-19(27)25-10-12-26(13-11-25)32(29,30)14-17-6-4-3-5-7-17/h3-7H,8-14H2,1-2H3,(H,23,24,28). The molecule has 0 atom stereocenters. The number of benzene rings is 1. The zero-order chi connectivity index (χ0) is 22.9. The van der Waals surface area contributed by atoms with Crippen molar-refractivity contribution >= 4 is 37.5 Å². The van der Waals surface area contributed by atoms with Crippen LogP contribution in [0, 0.1) is 13.8 Å². The topological polar surface area (TPSA) is 103 Å². The number of aromatic nitrogens is 2. The van der Waals surface area contributed by atoms with Crippen molar-refractivity contribution in [1.82, 2.24) is 19.2 Å². The third-order valence-corrected chi connectivity index (χ3v) is 8.79. The summed E-state index contributed by atoms with van der Waals surface area (Å²) >= 11 is 1.48. The van der Waals surface area contributed by atoms with Crippen LogP contribution in [0.2, 0.25) is 0 Å². The molecule has 1 aliphatic heterocycles. The fraction of sp³-hybridized carbons (Fsp3) is 0.409. The molecular weight excluding hydrogens is 448 g/mol. The molecule has 8 nitrogen and oxygen atoms in total. The molecule has 0 unspecified atom stereocenters. The Hall–Kier alpha value is -2.56. The van der Waals surface area contributed by atoms with E-state index in [9.17, 15) is 18.0 Å². The highest BCUT2D eigenvalue weighted by atomic mass is 32.2. The van der Waals surface area contributed by atoms with Gasteiger partial charge in [-0.3, -0.25) is 9.59 Å². The maximum absolute atomic E-state index is 12.7. The maximum Gasteiger partial charge on any atom is 0.259 e. The Morgan fingerprint density at radius 1 is 1.12 bits per heavy atom. The Kier molecular flexibility index (Phi) is 6.45. The van der Waals surface area contributed by atoms with Crippen molar-refractivity contribution in [3.05, 3.63) is 62.5 Å². The van der Waals surface area contributed by atoms with Gasteiger partial charge in [-0.15, -0.1) is 11.3 Å². The quantitative estimate of drug-likeness (QED) is 0.590. The smallest absolute Gasteiger partial charge is 0.259 e. The molecule has 10 heteroatoms. The molecule has 1 amide bonds. The van der Waals surface area contributed by atoms with Gasteiger partial charge < -0.3 is 9.88 Å². The predicted molar refractivity (Wildman–Crippen MR) is 125 cm³/mol. The molecule has 0 radical (unpaired) electrons. The zero-order valence-electron chi connectivity index (χ0n) is 18.1. The zero-order valence-corrected chi connectivity index (χ0v) is 19.8. The van der Waals surface area contributed by atoms with Crippen LogP contribution in [-0.4, -0.2) is 59.7 Å². The number of piperazine rings is 1. The number of aryl methyl sites for hydroxylation is 3. The van der Waals surface area contributed by atoms with Gasteiger partial charge in [0.25, 0.3) is 5.56 Å². The molecule has 0 spiro atoms. The van der Waals surface area contributed by atoms with E-state index in [0.717, 1.165) is 16.0 Å². The van der Waals surface area contributed by atoms with Crippen molar-refractivity contribution in [1.29, 1.82) is 0 Å². The minimum absolute atomic E-state index is 0.0367. The van der Waals surface area contributed by atoms with Crippen LogP contribution < -0.4 is 5.56 Å². The summed E-state index contributed by atoms with van der Waals surface area (Å²) in [4.78, 5) is 35.8. The Morgan fingerprint density at radius 2 is 1.81 bits per heavy atom. The molecule has 2 aromatic heterocycles. The number of nitrogens with zero attached hydrogens (tertiary/aromatic N) is 3. The highest BCUT2D eigenvalue weighted by Gasteiger charge is 2.29. The van der Waals surface area contributed by atoms with Gasteiger partial charge >= 0.3 is 0 Å². The van der Waals surface area contributed by atoms with E-state index < -0.39 is 10.0 Å². The summed E-state index contributed by atoms with van der Waals surface area (Å²) in [6.45, 7) is 5.17. The van der Waals surface area contributed by atoms with Gasteiger partial charge in [-0.05, 0) is 25.0 Å². The van der Waals surface area contributed by atoms with Crippen molar-refractivity contribution in [2.75, 3.05) is 26.2 Å². The highest BCUT2D eigenvalue weighted by molar-refractivity contribution is 7.88. The number of rotatable bonds is 6. The molecule has 0 aliphatic carbocycles. The van der Waals surface area contributed by atoms with Gasteiger partial charge in [-0.25, -0.2) is 13.4 Å². The number of nitrogens with one attached hydrogen (secondary N) is 1. The Labute approximate surface area is 190 Å². The number of carbonyl (C=O) groups is 1. The van der Waals surface area contributed by atoms with Crippen LogP contribution in [0.1, 0.15) is 28.2 Å². The summed E-state index contributed by atoms with van der Waals surface area (Å²) in [5.41, 5.74) is 1.53. The molecule has 170 valence electrons. The van der Waals surface area contributed by atoms with Gasteiger partial charge in [0, 0.05) is 43.9 Å². The Balaban J connectivity index is 1.33. The average molecular weight is 475 g/mol. The van der Waals surface area contributed by atoms with Crippen LogP contribution in [0.25, 0.3) is 10.2 Å². The van der Waals surface area contributed by atoms with Crippen LogP contribution >= 0.6 is 11.3 Å². The second-order valence-electron chi connectivity index (χ2n) is 8.00. The van der Waals surface area contributed by atoms with Gasteiger partial charge in [-0.1, -0.05) is 30.3 Å². The van der Waals surface area contributed by atoms with E-state index >= 15 is 0 Å². The van der Waals surface area contributed by atoms with Gasteiger partial charge in [0.2, 0.25) is 15.9 Å². The molecule has 32 heavy (non-hydrogen) atoms. The lowest BCUT2D eigenvalue weighted by Gasteiger charge is -2.34. The van der Waals surface area contributed by atoms with Gasteiger partial charge in [0.05, 0.1) is 11.1 Å². The molecule has 1 fully saturated rings. The average Bonchev–Trinajstić information content (AvgIpc) is 3.06. The number of hydrogen-bond acceptors (Lipinski definition) is 6. The summed E-state index contributed by atoms with van der Waals surface area (Å²) in [5.74, 6) is 0.401. The Morgan fingerprint density at radius 3 is 2.50 bits per heavy atom. The lowest BCUT2D eigenvalue weighted by Crippen LogP contribution is -2.50. The van der Waals surface area contributed by atoms with Crippen LogP contribution in [-0.2, 0) is 27.0 Å². The largest absolute Gasteiger partial charge is 0.340 e. The third-order valence-electron chi connectivity index (χ3n) is 5.84. The maximum atomic E-state index is 12.7. The fourth-order valence-corrected chi connectivity index (χ4v) is 6.46. The number of sulfonamides is 1. The summed E-state index contributed by atoms with van der Waals surface area (Å²) < 4.78 is 26.8. The second kappa shape index (κ2) is 9.13. The molecule has 1 aliphatic rings. The van der Waals surface area contributed by atoms with Gasteiger partial charge in [0.15, 0.2) is 0 Å². The van der Waals surface area contributed by atoms with Gasteiger partial charge in [0.1, 0.15) is 10.7 Å². The lowest BCUT2D eigenvalue weighted by atomic mass is 10.2. The fourth-order valence-electron chi connectivity index (χ4n) is 3.89. The first-order valence-electron chi connectivity index (χ1n) is 10.5. The molecule has 1 aromatic carbocycles. The SMILES string of the molecule is Cc1sc2nc(CCC(=O)N3CCN(S(=O)(=O)Cc4ccccc4)CC3)[nH]c(=O)c2c1C. The Bertz CT molecular complexity index is 1290. The van der Waals surface area contributed by atoms with E-state index in [-0.39, 0.29) is 36.7 Å².